The van der Waals surface area contributed by atoms with Crippen LogP contribution in [-0.4, -0.2) is 45.3 Å². The quantitative estimate of drug-likeness (QED) is 0.437. The molecule has 0 aliphatic carbocycles. The van der Waals surface area contributed by atoms with E-state index in [2.05, 4.69) is 25.3 Å². The third-order valence-corrected chi connectivity index (χ3v) is 6.02. The summed E-state index contributed by atoms with van der Waals surface area (Å²) in [7, 11) is -2.08. The van der Waals surface area contributed by atoms with Gasteiger partial charge < -0.3 is 9.67 Å². The van der Waals surface area contributed by atoms with Gasteiger partial charge in [-0.05, 0) is 52.6 Å². The molecule has 1 unspecified atom stereocenters. The second-order valence-electron chi connectivity index (χ2n) is 6.49. The predicted octanol–water partition coefficient (Wildman–Crippen LogP) is 1.51. The smallest absolute Gasteiger partial charge is 0.240 e. The largest absolute Gasteiger partial charge is 0.387 e. The van der Waals surface area contributed by atoms with Crippen LogP contribution < -0.4 is 4.72 Å². The van der Waals surface area contributed by atoms with Gasteiger partial charge in [0.2, 0.25) is 15.8 Å². The number of aryl methyl sites for hydroxylation is 1. The van der Waals surface area contributed by atoms with Crippen molar-refractivity contribution in [3.05, 3.63) is 60.0 Å². The Bertz CT molecular complexity index is 1270. The highest BCUT2D eigenvalue weighted by Gasteiger charge is 2.20. The fourth-order valence-electron chi connectivity index (χ4n) is 3.02. The number of aromatic amines is 1. The highest BCUT2D eigenvalue weighted by atomic mass is 32.2. The number of nitrogens with zero attached hydrogens (tertiary/aromatic N) is 4. The zero-order chi connectivity index (χ0) is 20.6. The van der Waals surface area contributed by atoms with Crippen molar-refractivity contribution in [3.8, 4) is 11.4 Å². The Balaban J connectivity index is 1.53. The molecule has 0 radical (unpaired) electrons. The van der Waals surface area contributed by atoms with Crippen LogP contribution in [0, 0.1) is 5.82 Å². The molecule has 0 aliphatic rings. The van der Waals surface area contributed by atoms with Gasteiger partial charge in [-0.25, -0.2) is 17.5 Å². The zero-order valence-electron chi connectivity index (χ0n) is 15.2. The van der Waals surface area contributed by atoms with E-state index < -0.39 is 21.9 Å². The third kappa shape index (κ3) is 3.75. The highest BCUT2D eigenvalue weighted by Crippen LogP contribution is 2.24. The lowest BCUT2D eigenvalue weighted by Gasteiger charge is -2.13. The van der Waals surface area contributed by atoms with Gasteiger partial charge in [-0.3, -0.25) is 0 Å². The molecule has 29 heavy (non-hydrogen) atoms. The molecular formula is C18H17FN6O3S. The number of aliphatic hydroxyl groups excluding tert-OH is 1. The fraction of sp³-hybridized carbons (Fsp3) is 0.167. The number of fused-ring (bicyclic) bond motifs is 1. The Labute approximate surface area is 165 Å². The first-order valence-corrected chi connectivity index (χ1v) is 10.1. The van der Waals surface area contributed by atoms with E-state index in [1.165, 1.54) is 0 Å². The Morgan fingerprint density at radius 1 is 1.24 bits per heavy atom. The normalized spacial score (nSPS) is 13.1. The highest BCUT2D eigenvalue weighted by molar-refractivity contribution is 7.89. The summed E-state index contributed by atoms with van der Waals surface area (Å²) < 4.78 is 43.5. The number of rotatable bonds is 6. The number of hydrogen-bond donors (Lipinski definition) is 3. The minimum absolute atomic E-state index is 0.0595. The molecule has 0 aliphatic heterocycles. The van der Waals surface area contributed by atoms with Gasteiger partial charge in [-0.15, -0.1) is 10.2 Å². The van der Waals surface area contributed by atoms with Crippen LogP contribution in [0.5, 0.6) is 0 Å². The van der Waals surface area contributed by atoms with E-state index in [4.69, 9.17) is 0 Å². The van der Waals surface area contributed by atoms with Gasteiger partial charge in [0, 0.05) is 25.3 Å². The van der Waals surface area contributed by atoms with Crippen molar-refractivity contribution in [2.75, 3.05) is 6.54 Å². The molecule has 0 fully saturated rings. The summed E-state index contributed by atoms with van der Waals surface area (Å²) in [6, 6.07) is 10.6. The number of aromatic nitrogens is 5. The van der Waals surface area contributed by atoms with Crippen LogP contribution in [0.4, 0.5) is 4.39 Å². The van der Waals surface area contributed by atoms with Crippen LogP contribution in [0.2, 0.25) is 0 Å². The number of nitrogens with one attached hydrogen (secondary N) is 2. The molecule has 150 valence electrons. The molecule has 0 saturated heterocycles. The summed E-state index contributed by atoms with van der Waals surface area (Å²) in [5, 5.41) is 24.2. The summed E-state index contributed by atoms with van der Waals surface area (Å²) in [6.07, 6.45) is 0.853. The number of aliphatic hydroxyl groups is 1. The van der Waals surface area contributed by atoms with E-state index in [9.17, 15) is 17.9 Å². The topological polar surface area (TPSA) is 126 Å². The van der Waals surface area contributed by atoms with E-state index in [1.54, 1.807) is 12.1 Å². The molecule has 4 aromatic rings. The third-order valence-electron chi connectivity index (χ3n) is 4.60. The molecule has 0 spiro atoms. The number of halogens is 1. The summed E-state index contributed by atoms with van der Waals surface area (Å²) in [5.41, 5.74) is 1.48. The molecule has 1 atom stereocenters. The number of sulfonamides is 1. The van der Waals surface area contributed by atoms with E-state index in [1.807, 2.05) is 29.9 Å². The molecule has 2 heterocycles. The van der Waals surface area contributed by atoms with Crippen molar-refractivity contribution in [1.29, 1.82) is 0 Å². The van der Waals surface area contributed by atoms with Crippen molar-refractivity contribution >= 4 is 20.9 Å². The average molecular weight is 416 g/mol. The predicted molar refractivity (Wildman–Crippen MR) is 103 cm³/mol. The van der Waals surface area contributed by atoms with Crippen molar-refractivity contribution in [1.82, 2.24) is 29.9 Å². The standard InChI is InChI=1S/C18H17FN6O3S/c1-25-7-6-11-8-12(2-5-16(11)25)17(26)10-20-29(27,28)13-3-4-15(19)14(9-13)18-21-23-24-22-18/h2-9,17,20,26H,10H2,1H3,(H,21,22,23,24). The van der Waals surface area contributed by atoms with Crippen molar-refractivity contribution in [3.63, 3.8) is 0 Å². The van der Waals surface area contributed by atoms with Gasteiger partial charge in [0.05, 0.1) is 16.6 Å². The maximum Gasteiger partial charge on any atom is 0.240 e. The first-order valence-electron chi connectivity index (χ1n) is 8.61. The van der Waals surface area contributed by atoms with E-state index in [0.29, 0.717) is 5.56 Å². The molecule has 3 N–H and O–H groups in total. The lowest BCUT2D eigenvalue weighted by atomic mass is 10.1. The zero-order valence-corrected chi connectivity index (χ0v) is 16.1. The Kier molecular flexibility index (Phi) is 4.86. The lowest BCUT2D eigenvalue weighted by Crippen LogP contribution is -2.28. The van der Waals surface area contributed by atoms with Crippen LogP contribution in [0.1, 0.15) is 11.7 Å². The summed E-state index contributed by atoms with van der Waals surface area (Å²) in [6.45, 7) is -0.240. The molecule has 9 nitrogen and oxygen atoms in total. The molecular weight excluding hydrogens is 399 g/mol. The fourth-order valence-corrected chi connectivity index (χ4v) is 4.08. The van der Waals surface area contributed by atoms with Gasteiger partial charge in [-0.2, -0.15) is 5.21 Å². The molecule has 0 bridgehead atoms. The van der Waals surface area contributed by atoms with Crippen LogP contribution >= 0.6 is 0 Å². The van der Waals surface area contributed by atoms with Gasteiger partial charge in [0.1, 0.15) is 5.82 Å². The molecule has 11 heteroatoms. The summed E-state index contributed by atoms with van der Waals surface area (Å²) >= 11 is 0. The van der Waals surface area contributed by atoms with E-state index >= 15 is 0 Å². The van der Waals surface area contributed by atoms with Crippen LogP contribution in [0.25, 0.3) is 22.3 Å². The van der Waals surface area contributed by atoms with Gasteiger partial charge in [0.25, 0.3) is 0 Å². The van der Waals surface area contributed by atoms with Crippen molar-refractivity contribution in [2.24, 2.45) is 7.05 Å². The first-order chi connectivity index (χ1) is 13.8. The maximum absolute atomic E-state index is 14.0. The molecule has 0 saturated carbocycles. The minimum Gasteiger partial charge on any atom is -0.387 e. The van der Waals surface area contributed by atoms with Gasteiger partial charge >= 0.3 is 0 Å². The van der Waals surface area contributed by atoms with Crippen molar-refractivity contribution in [2.45, 2.75) is 11.0 Å². The second-order valence-corrected chi connectivity index (χ2v) is 8.26. The molecule has 0 amide bonds. The summed E-state index contributed by atoms with van der Waals surface area (Å²) in [4.78, 5) is -0.176. The number of hydrogen-bond acceptors (Lipinski definition) is 6. The lowest BCUT2D eigenvalue weighted by molar-refractivity contribution is 0.182. The van der Waals surface area contributed by atoms with Crippen LogP contribution in [0.3, 0.4) is 0 Å². The van der Waals surface area contributed by atoms with Crippen LogP contribution in [0.15, 0.2) is 53.6 Å². The first kappa shape index (κ1) is 19.2. The maximum atomic E-state index is 14.0. The molecule has 4 rings (SSSR count). The second kappa shape index (κ2) is 7.35. The number of benzene rings is 2. The average Bonchev–Trinajstić information content (AvgIpc) is 3.36. The van der Waals surface area contributed by atoms with Gasteiger partial charge in [-0.1, -0.05) is 6.07 Å². The molecule has 2 aromatic carbocycles. The Morgan fingerprint density at radius 2 is 2.07 bits per heavy atom. The van der Waals surface area contributed by atoms with Crippen molar-refractivity contribution < 1.29 is 17.9 Å². The van der Waals surface area contributed by atoms with Gasteiger partial charge in [0.15, 0.2) is 0 Å². The monoisotopic (exact) mass is 416 g/mol. The number of tetrazole rings is 1. The Hall–Kier alpha value is -3.15. The molecule has 2 aromatic heterocycles. The SMILES string of the molecule is Cn1ccc2cc(C(O)CNS(=O)(=O)c3ccc(F)c(-c4nn[nH]n4)c3)ccc21. The summed E-state index contributed by atoms with van der Waals surface area (Å²) in [5.74, 6) is -0.739. The van der Waals surface area contributed by atoms with E-state index in [0.717, 1.165) is 29.1 Å². The Morgan fingerprint density at radius 3 is 2.83 bits per heavy atom. The number of H-pyrrole nitrogens is 1. The minimum atomic E-state index is -4.00. The van der Waals surface area contributed by atoms with E-state index in [-0.39, 0.29) is 22.8 Å². The van der Waals surface area contributed by atoms with Crippen LogP contribution in [-0.2, 0) is 17.1 Å².